The van der Waals surface area contributed by atoms with Crippen molar-refractivity contribution in [3.8, 4) is 0 Å². The van der Waals surface area contributed by atoms with Crippen LogP contribution in [0, 0.1) is 5.82 Å². The lowest BCUT2D eigenvalue weighted by Gasteiger charge is -2.05. The van der Waals surface area contributed by atoms with Crippen molar-refractivity contribution in [2.24, 2.45) is 0 Å². The first kappa shape index (κ1) is 13.1. The Kier molecular flexibility index (Phi) is 3.27. The quantitative estimate of drug-likeness (QED) is 0.804. The van der Waals surface area contributed by atoms with Gasteiger partial charge in [-0.3, -0.25) is 9.36 Å². The molecule has 0 saturated carbocycles. The summed E-state index contributed by atoms with van der Waals surface area (Å²) in [7, 11) is 0. The van der Waals surface area contributed by atoms with Crippen LogP contribution in [-0.4, -0.2) is 10.5 Å². The molecule has 0 unspecified atom stereocenters. The summed E-state index contributed by atoms with van der Waals surface area (Å²) in [6.45, 7) is -0.202. The summed E-state index contributed by atoms with van der Waals surface area (Å²) in [5.41, 5.74) is 1.29. The molecule has 21 heavy (non-hydrogen) atoms. The maximum Gasteiger partial charge on any atom is 0.420 e. The molecule has 2 aromatic carbocycles. The van der Waals surface area contributed by atoms with Gasteiger partial charge in [-0.05, 0) is 30.3 Å². The predicted molar refractivity (Wildman–Crippen MR) is 75.5 cm³/mol. The molecule has 0 radical (unpaired) electrons. The molecule has 0 spiro atoms. The van der Waals surface area contributed by atoms with Crippen molar-refractivity contribution in [2.45, 2.75) is 6.54 Å². The van der Waals surface area contributed by atoms with Crippen LogP contribution in [0.3, 0.4) is 0 Å². The Bertz CT molecular complexity index is 866. The van der Waals surface area contributed by atoms with Crippen LogP contribution in [0.1, 0.15) is 0 Å². The molecular formula is C15H11FN2O3. The Labute approximate surface area is 118 Å². The summed E-state index contributed by atoms with van der Waals surface area (Å²) in [5, 5.41) is 2.53. The van der Waals surface area contributed by atoms with Gasteiger partial charge in [0.15, 0.2) is 5.58 Å². The van der Waals surface area contributed by atoms with Crippen LogP contribution in [0.2, 0.25) is 0 Å². The second kappa shape index (κ2) is 5.24. The number of carbonyl (C=O) groups is 1. The standard InChI is InChI=1S/C15H11FN2O3/c16-10-4-3-5-11(8-10)17-14(19)9-18-12-6-1-2-7-13(12)21-15(18)20/h1-8H,9H2,(H,17,19). The molecule has 106 valence electrons. The Morgan fingerprint density at radius 1 is 1.19 bits per heavy atom. The average Bonchev–Trinajstić information content (AvgIpc) is 2.75. The molecule has 0 fully saturated rings. The lowest BCUT2D eigenvalue weighted by molar-refractivity contribution is -0.116. The van der Waals surface area contributed by atoms with Gasteiger partial charge in [0.1, 0.15) is 12.4 Å². The second-order valence-corrected chi connectivity index (χ2v) is 4.48. The minimum Gasteiger partial charge on any atom is -0.408 e. The number of hydrogen-bond donors (Lipinski definition) is 1. The zero-order chi connectivity index (χ0) is 14.8. The molecule has 1 N–H and O–H groups in total. The van der Waals surface area contributed by atoms with Gasteiger partial charge in [0.2, 0.25) is 5.91 Å². The van der Waals surface area contributed by atoms with Crippen LogP contribution in [0.25, 0.3) is 11.1 Å². The number of para-hydroxylation sites is 2. The largest absolute Gasteiger partial charge is 0.420 e. The Morgan fingerprint density at radius 3 is 2.81 bits per heavy atom. The summed E-state index contributed by atoms with van der Waals surface area (Å²) in [5.74, 6) is -1.49. The van der Waals surface area contributed by atoms with Crippen molar-refractivity contribution in [2.75, 3.05) is 5.32 Å². The molecule has 0 aliphatic heterocycles. The number of fused-ring (bicyclic) bond motifs is 1. The van der Waals surface area contributed by atoms with E-state index in [1.165, 1.54) is 22.8 Å². The van der Waals surface area contributed by atoms with Gasteiger partial charge in [-0.25, -0.2) is 9.18 Å². The van der Waals surface area contributed by atoms with Crippen molar-refractivity contribution >= 4 is 22.7 Å². The second-order valence-electron chi connectivity index (χ2n) is 4.48. The van der Waals surface area contributed by atoms with E-state index in [0.717, 1.165) is 0 Å². The first-order chi connectivity index (χ1) is 10.1. The van der Waals surface area contributed by atoms with E-state index in [0.29, 0.717) is 16.8 Å². The summed E-state index contributed by atoms with van der Waals surface area (Å²) in [6.07, 6.45) is 0. The van der Waals surface area contributed by atoms with Crippen LogP contribution >= 0.6 is 0 Å². The number of nitrogens with one attached hydrogen (secondary N) is 1. The Hall–Kier alpha value is -2.89. The SMILES string of the molecule is O=C(Cn1c(=O)oc2ccccc21)Nc1cccc(F)c1. The first-order valence-corrected chi connectivity index (χ1v) is 6.27. The van der Waals surface area contributed by atoms with Gasteiger partial charge in [-0.15, -0.1) is 0 Å². The molecule has 1 amide bonds. The summed E-state index contributed by atoms with van der Waals surface area (Å²) in [6, 6.07) is 12.4. The number of halogens is 1. The number of carbonyl (C=O) groups excluding carboxylic acids is 1. The highest BCUT2D eigenvalue weighted by Gasteiger charge is 2.12. The fourth-order valence-electron chi connectivity index (χ4n) is 2.07. The van der Waals surface area contributed by atoms with Crippen molar-refractivity contribution in [3.05, 3.63) is 64.9 Å². The van der Waals surface area contributed by atoms with E-state index in [-0.39, 0.29) is 6.54 Å². The number of anilines is 1. The number of hydrogen-bond acceptors (Lipinski definition) is 3. The van der Waals surface area contributed by atoms with E-state index in [2.05, 4.69) is 5.32 Å². The number of nitrogens with zero attached hydrogens (tertiary/aromatic N) is 1. The minimum absolute atomic E-state index is 0.202. The highest BCUT2D eigenvalue weighted by Crippen LogP contribution is 2.12. The lowest BCUT2D eigenvalue weighted by Crippen LogP contribution is -2.24. The third-order valence-corrected chi connectivity index (χ3v) is 2.98. The number of benzene rings is 2. The lowest BCUT2D eigenvalue weighted by atomic mass is 10.3. The molecule has 0 saturated heterocycles. The molecule has 0 aliphatic carbocycles. The van der Waals surface area contributed by atoms with Crippen LogP contribution in [-0.2, 0) is 11.3 Å². The fraction of sp³-hybridized carbons (Fsp3) is 0.0667. The monoisotopic (exact) mass is 286 g/mol. The topological polar surface area (TPSA) is 64.2 Å². The average molecular weight is 286 g/mol. The Morgan fingerprint density at radius 2 is 2.00 bits per heavy atom. The van der Waals surface area contributed by atoms with Gasteiger partial charge in [0, 0.05) is 5.69 Å². The minimum atomic E-state index is -0.606. The zero-order valence-corrected chi connectivity index (χ0v) is 10.9. The van der Waals surface area contributed by atoms with Crippen LogP contribution in [0.15, 0.2) is 57.7 Å². The van der Waals surface area contributed by atoms with E-state index in [1.807, 2.05) is 0 Å². The van der Waals surface area contributed by atoms with Crippen molar-refractivity contribution in [1.82, 2.24) is 4.57 Å². The Balaban J connectivity index is 1.84. The molecule has 3 rings (SSSR count). The van der Waals surface area contributed by atoms with Gasteiger partial charge in [-0.1, -0.05) is 18.2 Å². The molecule has 5 nitrogen and oxygen atoms in total. The van der Waals surface area contributed by atoms with Crippen LogP contribution in [0.4, 0.5) is 10.1 Å². The smallest absolute Gasteiger partial charge is 0.408 e. The van der Waals surface area contributed by atoms with Crippen LogP contribution in [0.5, 0.6) is 0 Å². The number of aromatic nitrogens is 1. The normalized spacial score (nSPS) is 10.7. The van der Waals surface area contributed by atoms with E-state index in [4.69, 9.17) is 4.42 Å². The fourth-order valence-corrected chi connectivity index (χ4v) is 2.07. The number of amides is 1. The molecular weight excluding hydrogens is 275 g/mol. The molecule has 3 aromatic rings. The van der Waals surface area contributed by atoms with E-state index in [9.17, 15) is 14.0 Å². The van der Waals surface area contributed by atoms with Crippen molar-refractivity contribution in [3.63, 3.8) is 0 Å². The van der Waals surface area contributed by atoms with Crippen molar-refractivity contribution in [1.29, 1.82) is 0 Å². The third-order valence-electron chi connectivity index (χ3n) is 2.98. The highest BCUT2D eigenvalue weighted by molar-refractivity contribution is 5.91. The number of rotatable bonds is 3. The molecule has 0 atom stereocenters. The summed E-state index contributed by atoms with van der Waals surface area (Å²) >= 11 is 0. The van der Waals surface area contributed by atoms with Gasteiger partial charge in [0.05, 0.1) is 5.52 Å². The molecule has 6 heteroatoms. The highest BCUT2D eigenvalue weighted by atomic mass is 19.1. The maximum atomic E-state index is 13.0. The summed E-state index contributed by atoms with van der Waals surface area (Å²) in [4.78, 5) is 23.7. The van der Waals surface area contributed by atoms with Crippen LogP contribution < -0.4 is 11.1 Å². The zero-order valence-electron chi connectivity index (χ0n) is 10.9. The maximum absolute atomic E-state index is 13.0. The van der Waals surface area contributed by atoms with Gasteiger partial charge >= 0.3 is 5.76 Å². The van der Waals surface area contributed by atoms with E-state index < -0.39 is 17.5 Å². The summed E-state index contributed by atoms with van der Waals surface area (Å²) < 4.78 is 19.3. The predicted octanol–water partition coefficient (Wildman–Crippen LogP) is 2.37. The van der Waals surface area contributed by atoms with Crippen molar-refractivity contribution < 1.29 is 13.6 Å². The van der Waals surface area contributed by atoms with Gasteiger partial charge in [0.25, 0.3) is 0 Å². The van der Waals surface area contributed by atoms with Gasteiger partial charge < -0.3 is 9.73 Å². The molecule has 0 bridgehead atoms. The van der Waals surface area contributed by atoms with E-state index >= 15 is 0 Å². The van der Waals surface area contributed by atoms with Gasteiger partial charge in [-0.2, -0.15) is 0 Å². The van der Waals surface area contributed by atoms with E-state index in [1.54, 1.807) is 30.3 Å². The first-order valence-electron chi connectivity index (χ1n) is 6.27. The number of oxazole rings is 1. The third kappa shape index (κ3) is 2.69. The molecule has 1 aromatic heterocycles. The molecule has 0 aliphatic rings. The molecule has 1 heterocycles.